The van der Waals surface area contributed by atoms with Crippen LogP contribution >= 0.6 is 0 Å². The molecule has 2 aromatic rings. The van der Waals surface area contributed by atoms with Crippen molar-refractivity contribution in [3.05, 3.63) is 53.1 Å². The first-order chi connectivity index (χ1) is 14.1. The minimum absolute atomic E-state index is 0.0911. The molecule has 0 unspecified atom stereocenters. The number of hydrogen-bond donors (Lipinski definition) is 2. The molecule has 162 valence electrons. The topological polar surface area (TPSA) is 114 Å². The Morgan fingerprint density at radius 2 is 1.53 bits per heavy atom. The third-order valence-electron chi connectivity index (χ3n) is 4.48. The molecule has 2 aromatic carbocycles. The van der Waals surface area contributed by atoms with E-state index in [0.29, 0.717) is 11.5 Å². The minimum atomic E-state index is -3.86. The average molecular weight is 436 g/mol. The van der Waals surface area contributed by atoms with Crippen LogP contribution in [0.25, 0.3) is 0 Å². The Hall–Kier alpha value is -3.11. The summed E-state index contributed by atoms with van der Waals surface area (Å²) in [7, 11) is 0.332. The molecule has 10 heteroatoms. The molecular weight excluding hydrogens is 410 g/mol. The highest BCUT2D eigenvalue weighted by Crippen LogP contribution is 2.22. The van der Waals surface area contributed by atoms with E-state index >= 15 is 0 Å². The summed E-state index contributed by atoms with van der Waals surface area (Å²) in [6.07, 6.45) is 0. The van der Waals surface area contributed by atoms with Crippen LogP contribution in [-0.4, -0.2) is 52.3 Å². The summed E-state index contributed by atoms with van der Waals surface area (Å²) in [6, 6.07) is 9.29. The summed E-state index contributed by atoms with van der Waals surface area (Å²) in [4.78, 5) is 24.5. The van der Waals surface area contributed by atoms with Gasteiger partial charge in [0.15, 0.2) is 0 Å². The smallest absolute Gasteiger partial charge is 0.269 e. The van der Waals surface area contributed by atoms with Crippen molar-refractivity contribution in [2.75, 3.05) is 27.8 Å². The number of benzene rings is 2. The van der Waals surface area contributed by atoms with Crippen LogP contribution in [0, 0.1) is 13.8 Å². The summed E-state index contributed by atoms with van der Waals surface area (Å²) in [6.45, 7) is 3.21. The number of nitrogens with zero attached hydrogens (tertiary/aromatic N) is 1. The number of hydrazine groups is 1. The number of sulfonamides is 1. The highest BCUT2D eigenvalue weighted by Gasteiger charge is 2.23. The number of rotatable bonds is 7. The van der Waals surface area contributed by atoms with E-state index < -0.39 is 28.4 Å². The molecule has 0 aliphatic heterocycles. The van der Waals surface area contributed by atoms with Crippen molar-refractivity contribution in [2.24, 2.45) is 0 Å². The van der Waals surface area contributed by atoms with Gasteiger partial charge < -0.3 is 9.47 Å². The second-order valence-corrected chi connectivity index (χ2v) is 8.66. The number of ether oxygens (including phenoxy) is 2. The van der Waals surface area contributed by atoms with Crippen LogP contribution in [0.3, 0.4) is 0 Å². The zero-order chi connectivity index (χ0) is 22.5. The summed E-state index contributed by atoms with van der Waals surface area (Å²) >= 11 is 0. The van der Waals surface area contributed by atoms with Crippen molar-refractivity contribution in [1.82, 2.24) is 15.2 Å². The zero-order valence-corrected chi connectivity index (χ0v) is 18.3. The molecule has 0 spiro atoms. The summed E-state index contributed by atoms with van der Waals surface area (Å²) < 4.78 is 36.4. The highest BCUT2D eigenvalue weighted by atomic mass is 32.2. The summed E-state index contributed by atoms with van der Waals surface area (Å²) in [5, 5.41) is 0. The maximum atomic E-state index is 12.7. The van der Waals surface area contributed by atoms with E-state index in [2.05, 4.69) is 10.9 Å². The van der Waals surface area contributed by atoms with Gasteiger partial charge >= 0.3 is 0 Å². The minimum Gasteiger partial charge on any atom is -0.497 e. The van der Waals surface area contributed by atoms with Gasteiger partial charge in [-0.3, -0.25) is 20.4 Å². The molecule has 0 heterocycles. The molecule has 0 aliphatic rings. The van der Waals surface area contributed by atoms with Crippen LogP contribution in [0.1, 0.15) is 21.5 Å². The van der Waals surface area contributed by atoms with Gasteiger partial charge in [-0.05, 0) is 49.2 Å². The molecule has 0 saturated carbocycles. The van der Waals surface area contributed by atoms with Crippen LogP contribution in [0.5, 0.6) is 11.5 Å². The molecule has 0 fully saturated rings. The van der Waals surface area contributed by atoms with Crippen LogP contribution in [0.4, 0.5) is 0 Å². The Morgan fingerprint density at radius 3 is 2.07 bits per heavy atom. The van der Waals surface area contributed by atoms with Gasteiger partial charge in [0.25, 0.3) is 11.8 Å². The van der Waals surface area contributed by atoms with E-state index in [1.165, 1.54) is 39.5 Å². The van der Waals surface area contributed by atoms with Crippen LogP contribution in [0.2, 0.25) is 0 Å². The van der Waals surface area contributed by atoms with E-state index in [9.17, 15) is 18.0 Å². The average Bonchev–Trinajstić information content (AvgIpc) is 2.73. The maximum absolute atomic E-state index is 12.7. The van der Waals surface area contributed by atoms with Gasteiger partial charge in [0.05, 0.1) is 25.7 Å². The largest absolute Gasteiger partial charge is 0.497 e. The van der Waals surface area contributed by atoms with Gasteiger partial charge in [-0.1, -0.05) is 6.07 Å². The fourth-order valence-corrected chi connectivity index (χ4v) is 3.73. The van der Waals surface area contributed by atoms with Gasteiger partial charge in [-0.15, -0.1) is 0 Å². The molecule has 2 N–H and O–H groups in total. The number of likely N-dealkylation sites (N-methyl/N-ethyl adjacent to an activating group) is 1. The molecule has 0 aromatic heterocycles. The third kappa shape index (κ3) is 5.49. The third-order valence-corrected chi connectivity index (χ3v) is 6.28. The Balaban J connectivity index is 2.01. The van der Waals surface area contributed by atoms with Crippen molar-refractivity contribution in [3.8, 4) is 11.5 Å². The Kier molecular flexibility index (Phi) is 7.41. The van der Waals surface area contributed by atoms with Gasteiger partial charge in [-0.25, -0.2) is 8.42 Å². The van der Waals surface area contributed by atoms with Crippen LogP contribution in [0.15, 0.2) is 41.3 Å². The van der Waals surface area contributed by atoms with Crippen LogP contribution in [-0.2, 0) is 14.8 Å². The lowest BCUT2D eigenvalue weighted by Crippen LogP contribution is -2.46. The van der Waals surface area contributed by atoms with E-state index in [4.69, 9.17) is 9.47 Å². The first kappa shape index (κ1) is 23.2. The van der Waals surface area contributed by atoms with E-state index in [0.717, 1.165) is 15.4 Å². The van der Waals surface area contributed by atoms with Crippen molar-refractivity contribution < 1.29 is 27.5 Å². The lowest BCUT2D eigenvalue weighted by Gasteiger charge is -2.18. The molecule has 0 saturated heterocycles. The standard InChI is InChI=1S/C20H25N3O6S/c1-13-6-7-18(8-14(13)2)30(26,27)23(3)12-19(24)21-22-20(25)15-9-16(28-4)11-17(10-15)29-5/h6-11H,12H2,1-5H3,(H,21,24)(H,22,25). The van der Waals surface area contributed by atoms with Crippen molar-refractivity contribution in [2.45, 2.75) is 18.7 Å². The second kappa shape index (κ2) is 9.59. The lowest BCUT2D eigenvalue weighted by molar-refractivity contribution is -0.121. The van der Waals surface area contributed by atoms with Crippen LogP contribution < -0.4 is 20.3 Å². The zero-order valence-electron chi connectivity index (χ0n) is 17.5. The quantitative estimate of drug-likeness (QED) is 0.636. The molecule has 0 aliphatic carbocycles. The van der Waals surface area contributed by atoms with Crippen molar-refractivity contribution >= 4 is 21.8 Å². The van der Waals surface area contributed by atoms with Gasteiger partial charge in [-0.2, -0.15) is 4.31 Å². The Bertz CT molecular complexity index is 1030. The summed E-state index contributed by atoms with van der Waals surface area (Å²) in [5.74, 6) is -0.497. The number of methoxy groups -OCH3 is 2. The molecule has 0 bridgehead atoms. The van der Waals surface area contributed by atoms with E-state index in [1.54, 1.807) is 18.2 Å². The predicted octanol–water partition coefficient (Wildman–Crippen LogP) is 1.40. The first-order valence-electron chi connectivity index (χ1n) is 8.94. The molecule has 9 nitrogen and oxygen atoms in total. The van der Waals surface area contributed by atoms with Gasteiger partial charge in [0.2, 0.25) is 10.0 Å². The van der Waals surface area contributed by atoms with E-state index in [1.807, 2.05) is 13.8 Å². The Labute approximate surface area is 176 Å². The molecule has 2 amide bonds. The number of carbonyl (C=O) groups is 2. The highest BCUT2D eigenvalue weighted by molar-refractivity contribution is 7.89. The van der Waals surface area contributed by atoms with Crippen molar-refractivity contribution in [3.63, 3.8) is 0 Å². The number of aryl methyl sites for hydroxylation is 2. The molecule has 0 atom stereocenters. The first-order valence-corrected chi connectivity index (χ1v) is 10.4. The number of amides is 2. The molecule has 2 rings (SSSR count). The predicted molar refractivity (Wildman–Crippen MR) is 111 cm³/mol. The number of hydrogen-bond acceptors (Lipinski definition) is 6. The molecule has 0 radical (unpaired) electrons. The number of nitrogens with one attached hydrogen (secondary N) is 2. The van der Waals surface area contributed by atoms with E-state index in [-0.39, 0.29) is 10.5 Å². The van der Waals surface area contributed by atoms with Gasteiger partial charge in [0.1, 0.15) is 11.5 Å². The monoisotopic (exact) mass is 435 g/mol. The fraction of sp³-hybridized carbons (Fsp3) is 0.300. The van der Waals surface area contributed by atoms with Gasteiger partial charge in [0, 0.05) is 18.7 Å². The second-order valence-electron chi connectivity index (χ2n) is 6.61. The number of carbonyl (C=O) groups excluding carboxylic acids is 2. The SMILES string of the molecule is COc1cc(OC)cc(C(=O)NNC(=O)CN(C)S(=O)(=O)c2ccc(C)c(C)c2)c1. The molecule has 30 heavy (non-hydrogen) atoms. The fourth-order valence-electron chi connectivity index (χ4n) is 2.52. The van der Waals surface area contributed by atoms with Crippen molar-refractivity contribution in [1.29, 1.82) is 0 Å². The maximum Gasteiger partial charge on any atom is 0.269 e. The molecular formula is C20H25N3O6S. The summed E-state index contributed by atoms with van der Waals surface area (Å²) in [5.41, 5.74) is 6.44. The Morgan fingerprint density at radius 1 is 0.933 bits per heavy atom. The normalized spacial score (nSPS) is 11.1. The lowest BCUT2D eigenvalue weighted by atomic mass is 10.1.